The molecule has 45 heavy (non-hydrogen) atoms. The number of fused-ring (bicyclic) bond motifs is 6. The van der Waals surface area contributed by atoms with E-state index in [0.717, 1.165) is 73.2 Å². The van der Waals surface area contributed by atoms with Crippen molar-refractivity contribution >= 4 is 34.4 Å². The van der Waals surface area contributed by atoms with Crippen LogP contribution in [0.1, 0.15) is 87.3 Å². The number of hydrogen-bond acceptors (Lipinski definition) is 7. The van der Waals surface area contributed by atoms with Crippen molar-refractivity contribution in [1.82, 2.24) is 30.2 Å². The zero-order chi connectivity index (χ0) is 30.9. The maximum Gasteiger partial charge on any atom is 0.407 e. The van der Waals surface area contributed by atoms with Crippen molar-refractivity contribution in [2.45, 2.75) is 81.1 Å². The summed E-state index contributed by atoms with van der Waals surface area (Å²) in [4.78, 5) is 44.0. The van der Waals surface area contributed by atoms with E-state index in [-0.39, 0.29) is 29.3 Å². The number of methoxy groups -OCH3 is 1. The van der Waals surface area contributed by atoms with Crippen LogP contribution in [-0.4, -0.2) is 57.0 Å². The molecule has 4 aliphatic rings. The lowest BCUT2D eigenvalue weighted by Gasteiger charge is -2.49. The van der Waals surface area contributed by atoms with Gasteiger partial charge in [-0.15, -0.1) is 0 Å². The number of rotatable bonds is 7. The second kappa shape index (κ2) is 12.1. The second-order valence-electron chi connectivity index (χ2n) is 13.0. The number of amides is 2. The van der Waals surface area contributed by atoms with E-state index in [1.54, 1.807) is 6.33 Å². The van der Waals surface area contributed by atoms with Crippen LogP contribution in [0.2, 0.25) is 0 Å². The number of nitrogens with zero attached hydrogens (tertiary/aromatic N) is 4. The van der Waals surface area contributed by atoms with Crippen molar-refractivity contribution in [3.63, 3.8) is 0 Å². The molecule has 10 nitrogen and oxygen atoms in total. The van der Waals surface area contributed by atoms with Crippen molar-refractivity contribution in [3.8, 4) is 0 Å². The number of benzene rings is 2. The number of ether oxygens (including phenoxy) is 1. The summed E-state index contributed by atoms with van der Waals surface area (Å²) in [5.74, 6) is 1.58. The number of nitrogens with one attached hydrogen (secondary N) is 3. The van der Waals surface area contributed by atoms with Crippen LogP contribution in [0.3, 0.4) is 0 Å². The summed E-state index contributed by atoms with van der Waals surface area (Å²) in [6, 6.07) is 16.9. The molecule has 4 fully saturated rings. The molecular weight excluding hydrogens is 566 g/mol. The Morgan fingerprint density at radius 3 is 2.53 bits per heavy atom. The number of likely N-dealkylation sites (tertiary alicyclic amines) is 1. The van der Waals surface area contributed by atoms with Crippen molar-refractivity contribution in [2.75, 3.05) is 25.5 Å². The lowest BCUT2D eigenvalue weighted by molar-refractivity contribution is -0.131. The van der Waals surface area contributed by atoms with Crippen LogP contribution in [0.5, 0.6) is 0 Å². The average molecular weight is 608 g/mol. The molecule has 1 saturated heterocycles. The maximum atomic E-state index is 12.9. The first-order valence-electron chi connectivity index (χ1n) is 16.2. The Morgan fingerprint density at radius 2 is 1.73 bits per heavy atom. The number of imidazole rings is 1. The quantitative estimate of drug-likeness (QED) is 0.221. The van der Waals surface area contributed by atoms with E-state index in [1.807, 2.05) is 29.3 Å². The molecule has 3 heterocycles. The molecule has 1 atom stereocenters. The summed E-state index contributed by atoms with van der Waals surface area (Å²) in [6.45, 7) is 0.586. The van der Waals surface area contributed by atoms with E-state index in [1.165, 1.54) is 37.6 Å². The van der Waals surface area contributed by atoms with Crippen LogP contribution in [0.4, 0.5) is 16.3 Å². The molecular formula is C35H41N7O3. The fourth-order valence-electron chi connectivity index (χ4n) is 8.06. The van der Waals surface area contributed by atoms with Gasteiger partial charge in [0, 0.05) is 34.9 Å². The smallest absolute Gasteiger partial charge is 0.407 e. The van der Waals surface area contributed by atoms with Gasteiger partial charge >= 0.3 is 6.09 Å². The highest BCUT2D eigenvalue weighted by molar-refractivity contribution is 5.91. The third-order valence-corrected chi connectivity index (χ3v) is 10.6. The van der Waals surface area contributed by atoms with Crippen LogP contribution in [-0.2, 0) is 20.4 Å². The van der Waals surface area contributed by atoms with Crippen LogP contribution in [0.15, 0.2) is 61.1 Å². The first kappa shape index (κ1) is 29.3. The van der Waals surface area contributed by atoms with Gasteiger partial charge in [0.25, 0.3) is 0 Å². The fraction of sp³-hybridized carbons (Fsp3) is 0.457. The molecule has 2 aromatic carbocycles. The predicted molar refractivity (Wildman–Crippen MR) is 172 cm³/mol. The first-order chi connectivity index (χ1) is 22.0. The van der Waals surface area contributed by atoms with Gasteiger partial charge < -0.3 is 25.3 Å². The zero-order valence-electron chi connectivity index (χ0n) is 25.8. The van der Waals surface area contributed by atoms with Gasteiger partial charge in [-0.25, -0.2) is 19.7 Å². The van der Waals surface area contributed by atoms with Crippen molar-refractivity contribution < 1.29 is 14.3 Å². The Balaban J connectivity index is 1.11. The topological polar surface area (TPSA) is 125 Å². The van der Waals surface area contributed by atoms with Gasteiger partial charge in [0.1, 0.15) is 24.5 Å². The highest BCUT2D eigenvalue weighted by Crippen LogP contribution is 2.55. The highest BCUT2D eigenvalue weighted by Gasteiger charge is 2.47. The molecule has 1 unspecified atom stereocenters. The SMILES string of the molecule is COC(=O)NCC(=O)N1CCCC1c1ncc(C23CCCCC(c4ccc5ncnc(Nc6ccccc6)c5c4)(CC2)CC3)[nH]1. The molecule has 8 rings (SSSR count). The molecule has 3 saturated carbocycles. The minimum Gasteiger partial charge on any atom is -0.453 e. The Morgan fingerprint density at radius 1 is 0.956 bits per heavy atom. The molecule has 1 aliphatic heterocycles. The molecule has 0 spiro atoms. The number of aromatic amines is 1. The normalized spacial score (nSPS) is 24.6. The van der Waals surface area contributed by atoms with E-state index < -0.39 is 6.09 Å². The lowest BCUT2D eigenvalue weighted by Crippen LogP contribution is -2.42. The molecule has 3 aliphatic carbocycles. The molecule has 4 aromatic rings. The summed E-state index contributed by atoms with van der Waals surface area (Å²) in [5, 5.41) is 7.08. The van der Waals surface area contributed by atoms with Gasteiger partial charge in [0.15, 0.2) is 0 Å². The third kappa shape index (κ3) is 5.62. The number of aromatic nitrogens is 4. The molecule has 0 radical (unpaired) electrons. The standard InChI is InChI=1S/C35H41N7O3/c1-45-33(44)37-22-30(43)42-19-7-10-28(42)32-36-21-29(41-32)35-14-6-5-13-34(15-17-35,16-18-35)24-11-12-27-26(20-24)31(39-23-38-27)40-25-8-3-2-4-9-25/h2-4,8-9,11-12,20-21,23,28H,5-7,10,13-19,22H2,1H3,(H,36,41)(H,37,44)(H,38,39,40). The predicted octanol–water partition coefficient (Wildman–Crippen LogP) is 6.44. The van der Waals surface area contributed by atoms with E-state index >= 15 is 0 Å². The van der Waals surface area contributed by atoms with Gasteiger partial charge in [0.05, 0.1) is 18.7 Å². The van der Waals surface area contributed by atoms with E-state index in [9.17, 15) is 9.59 Å². The molecule has 2 bridgehead atoms. The second-order valence-corrected chi connectivity index (χ2v) is 13.0. The summed E-state index contributed by atoms with van der Waals surface area (Å²) in [6.07, 6.45) is 14.0. The fourth-order valence-corrected chi connectivity index (χ4v) is 8.06. The largest absolute Gasteiger partial charge is 0.453 e. The summed E-state index contributed by atoms with van der Waals surface area (Å²) >= 11 is 0. The van der Waals surface area contributed by atoms with E-state index in [2.05, 4.69) is 60.7 Å². The van der Waals surface area contributed by atoms with Crippen LogP contribution >= 0.6 is 0 Å². The van der Waals surface area contributed by atoms with Gasteiger partial charge in [-0.3, -0.25) is 4.79 Å². The number of anilines is 2. The zero-order valence-corrected chi connectivity index (χ0v) is 25.8. The number of carbonyl (C=O) groups excluding carboxylic acids is 2. The number of para-hydroxylation sites is 1. The number of alkyl carbamates (subject to hydrolysis) is 1. The minimum absolute atomic E-state index is 0.0645. The lowest BCUT2D eigenvalue weighted by atomic mass is 9.55. The van der Waals surface area contributed by atoms with Gasteiger partial charge in [-0.05, 0) is 86.6 Å². The molecule has 2 amide bonds. The monoisotopic (exact) mass is 607 g/mol. The summed E-state index contributed by atoms with van der Waals surface area (Å²) in [5.41, 5.74) is 4.75. The molecule has 2 aromatic heterocycles. The Hall–Kier alpha value is -4.47. The Labute approximate surface area is 263 Å². The number of H-pyrrole nitrogens is 1. The number of carbonyl (C=O) groups is 2. The van der Waals surface area contributed by atoms with Crippen molar-refractivity contribution in [2.24, 2.45) is 0 Å². The maximum absolute atomic E-state index is 12.9. The summed E-state index contributed by atoms with van der Waals surface area (Å²) < 4.78 is 4.63. The van der Waals surface area contributed by atoms with Crippen molar-refractivity contribution in [1.29, 1.82) is 0 Å². The van der Waals surface area contributed by atoms with Crippen LogP contribution < -0.4 is 10.6 Å². The first-order valence-corrected chi connectivity index (χ1v) is 16.2. The van der Waals surface area contributed by atoms with Gasteiger partial charge in [0.2, 0.25) is 5.91 Å². The van der Waals surface area contributed by atoms with Crippen molar-refractivity contribution in [3.05, 3.63) is 78.1 Å². The van der Waals surface area contributed by atoms with E-state index in [0.29, 0.717) is 6.54 Å². The van der Waals surface area contributed by atoms with Gasteiger partial charge in [-0.1, -0.05) is 37.1 Å². The third-order valence-electron chi connectivity index (χ3n) is 10.6. The summed E-state index contributed by atoms with van der Waals surface area (Å²) in [7, 11) is 1.30. The molecule has 234 valence electrons. The Kier molecular flexibility index (Phi) is 7.89. The highest BCUT2D eigenvalue weighted by atomic mass is 16.5. The van der Waals surface area contributed by atoms with Gasteiger partial charge in [-0.2, -0.15) is 0 Å². The minimum atomic E-state index is -0.600. The van der Waals surface area contributed by atoms with E-state index in [4.69, 9.17) is 4.98 Å². The number of hydrogen-bond donors (Lipinski definition) is 3. The van der Waals surface area contributed by atoms with Crippen LogP contribution in [0, 0.1) is 0 Å². The average Bonchev–Trinajstić information content (AvgIpc) is 3.76. The molecule has 10 heteroatoms. The van der Waals surface area contributed by atoms with Crippen LogP contribution in [0.25, 0.3) is 10.9 Å². The Bertz CT molecular complexity index is 1680. The molecule has 3 N–H and O–H groups in total.